The molecule has 1 fully saturated rings. The van der Waals surface area contributed by atoms with Crippen molar-refractivity contribution in [2.24, 2.45) is 0 Å². The van der Waals surface area contributed by atoms with Crippen molar-refractivity contribution in [3.05, 3.63) is 59.7 Å². The van der Waals surface area contributed by atoms with Crippen LogP contribution in [0.1, 0.15) is 50.9 Å². The average Bonchev–Trinajstić information content (AvgIpc) is 3.43. The Kier molecular flexibility index (Phi) is 7.85. The van der Waals surface area contributed by atoms with Crippen LogP contribution in [0.2, 0.25) is 0 Å². The highest BCUT2D eigenvalue weighted by Crippen LogP contribution is 2.36. The number of carbonyl (C=O) groups is 1. The van der Waals surface area contributed by atoms with Crippen molar-refractivity contribution in [2.75, 3.05) is 18.4 Å². The molecule has 1 aliphatic rings. The van der Waals surface area contributed by atoms with E-state index in [0.717, 1.165) is 58.8 Å². The molecule has 1 aliphatic heterocycles. The first-order valence-electron chi connectivity index (χ1n) is 13.1. The van der Waals surface area contributed by atoms with Crippen LogP contribution in [0.5, 0.6) is 5.75 Å². The second-order valence-electron chi connectivity index (χ2n) is 10.2. The Balaban J connectivity index is 1.38. The Morgan fingerprint density at radius 3 is 2.50 bits per heavy atom. The molecule has 9 heteroatoms. The van der Waals surface area contributed by atoms with E-state index in [-0.39, 0.29) is 18.1 Å². The molecular formula is C29H34N6O2S. The Hall–Kier alpha value is -3.56. The third-order valence-electron chi connectivity index (χ3n) is 6.67. The normalized spacial score (nSPS) is 14.8. The monoisotopic (exact) mass is 530 g/mol. The lowest BCUT2D eigenvalue weighted by Gasteiger charge is -2.34. The molecule has 2 aromatic heterocycles. The molecule has 4 aromatic rings. The predicted octanol–water partition coefficient (Wildman–Crippen LogP) is 5.89. The molecule has 198 valence electrons. The van der Waals surface area contributed by atoms with Crippen LogP contribution >= 0.6 is 11.3 Å². The van der Waals surface area contributed by atoms with Crippen LogP contribution in [-0.2, 0) is 0 Å². The van der Waals surface area contributed by atoms with E-state index < -0.39 is 0 Å². The Morgan fingerprint density at radius 1 is 1.08 bits per heavy atom. The summed E-state index contributed by atoms with van der Waals surface area (Å²) in [7, 11) is 0. The molecule has 1 saturated heterocycles. The first-order valence-corrected chi connectivity index (χ1v) is 14.0. The number of piperidine rings is 1. The van der Waals surface area contributed by atoms with Crippen LogP contribution in [0.25, 0.3) is 21.5 Å². The van der Waals surface area contributed by atoms with Gasteiger partial charge in [-0.25, -0.2) is 15.0 Å². The molecule has 0 unspecified atom stereocenters. The van der Waals surface area contributed by atoms with Gasteiger partial charge < -0.3 is 20.3 Å². The Morgan fingerprint density at radius 2 is 1.84 bits per heavy atom. The highest BCUT2D eigenvalue weighted by atomic mass is 32.1. The summed E-state index contributed by atoms with van der Waals surface area (Å²) in [5.74, 6) is 1.20. The number of anilines is 2. The number of fused-ring (bicyclic) bond motifs is 1. The number of aromatic nitrogens is 3. The Labute approximate surface area is 227 Å². The number of likely N-dealkylation sites (tertiary alicyclic amines) is 1. The Bertz CT molecular complexity index is 1380. The maximum absolute atomic E-state index is 12.2. The van der Waals surface area contributed by atoms with Gasteiger partial charge >= 0.3 is 0 Å². The zero-order chi connectivity index (χ0) is 26.6. The van der Waals surface area contributed by atoms with Crippen molar-refractivity contribution in [3.63, 3.8) is 0 Å². The van der Waals surface area contributed by atoms with Crippen LogP contribution in [0.15, 0.2) is 54.2 Å². The summed E-state index contributed by atoms with van der Waals surface area (Å²) in [6.45, 7) is 10.4. The van der Waals surface area contributed by atoms with Crippen molar-refractivity contribution < 1.29 is 9.53 Å². The van der Waals surface area contributed by atoms with Gasteiger partial charge in [-0.1, -0.05) is 0 Å². The summed E-state index contributed by atoms with van der Waals surface area (Å²) in [6.07, 6.45) is 5.78. The first-order chi connectivity index (χ1) is 18.4. The number of rotatable bonds is 8. The lowest BCUT2D eigenvalue weighted by Crippen LogP contribution is -2.41. The first kappa shape index (κ1) is 26.1. The molecule has 0 bridgehead atoms. The number of carbonyl (C=O) groups excluding carboxylic acids is 1. The van der Waals surface area contributed by atoms with Gasteiger partial charge in [0.15, 0.2) is 0 Å². The number of amides is 1. The van der Waals surface area contributed by atoms with E-state index in [9.17, 15) is 4.79 Å². The van der Waals surface area contributed by atoms with E-state index in [2.05, 4.69) is 45.4 Å². The van der Waals surface area contributed by atoms with Gasteiger partial charge in [-0.05, 0) is 70.9 Å². The van der Waals surface area contributed by atoms with Gasteiger partial charge in [-0.3, -0.25) is 4.79 Å². The zero-order valence-electron chi connectivity index (χ0n) is 22.3. The molecule has 2 aromatic carbocycles. The number of thiazole rings is 1. The molecule has 8 nitrogen and oxygen atoms in total. The van der Waals surface area contributed by atoms with Crippen molar-refractivity contribution in [1.29, 1.82) is 0 Å². The van der Waals surface area contributed by atoms with Crippen molar-refractivity contribution in [2.45, 2.75) is 58.7 Å². The van der Waals surface area contributed by atoms with Gasteiger partial charge in [0, 0.05) is 65.7 Å². The van der Waals surface area contributed by atoms with Crippen molar-refractivity contribution >= 4 is 39.8 Å². The van der Waals surface area contributed by atoms with Gasteiger partial charge in [-0.15, -0.1) is 11.3 Å². The molecule has 0 atom stereocenters. The third kappa shape index (κ3) is 6.11. The minimum Gasteiger partial charge on any atom is -0.490 e. The van der Waals surface area contributed by atoms with Crippen LogP contribution in [0, 0.1) is 0 Å². The van der Waals surface area contributed by atoms with Crippen LogP contribution in [-0.4, -0.2) is 57.0 Å². The minimum atomic E-state index is -0.0908. The van der Waals surface area contributed by atoms with Crippen LogP contribution in [0.3, 0.4) is 0 Å². The smallest absolute Gasteiger partial charge is 0.251 e. The fraction of sp³-hybridized carbons (Fsp3) is 0.379. The fourth-order valence-electron chi connectivity index (χ4n) is 4.61. The molecule has 38 heavy (non-hydrogen) atoms. The van der Waals surface area contributed by atoms with E-state index in [1.54, 1.807) is 23.5 Å². The molecule has 1 amide bonds. The van der Waals surface area contributed by atoms with Gasteiger partial charge in [0.25, 0.3) is 5.91 Å². The summed E-state index contributed by atoms with van der Waals surface area (Å²) in [5, 5.41) is 9.97. The van der Waals surface area contributed by atoms with Gasteiger partial charge in [0.2, 0.25) is 5.95 Å². The van der Waals surface area contributed by atoms with Gasteiger partial charge in [0.1, 0.15) is 16.9 Å². The molecule has 0 saturated carbocycles. The number of nitrogens with zero attached hydrogens (tertiary/aromatic N) is 4. The number of nitrogens with one attached hydrogen (secondary N) is 2. The largest absolute Gasteiger partial charge is 0.490 e. The van der Waals surface area contributed by atoms with Gasteiger partial charge in [0.05, 0.1) is 11.1 Å². The minimum absolute atomic E-state index is 0.0872. The topological polar surface area (TPSA) is 92.3 Å². The second-order valence-corrected chi connectivity index (χ2v) is 11.1. The highest BCUT2D eigenvalue weighted by Gasteiger charge is 2.24. The van der Waals surface area contributed by atoms with Crippen molar-refractivity contribution in [3.8, 4) is 16.3 Å². The predicted molar refractivity (Wildman–Crippen MR) is 153 cm³/mol. The summed E-state index contributed by atoms with van der Waals surface area (Å²) in [4.78, 5) is 28.6. The van der Waals surface area contributed by atoms with Crippen LogP contribution < -0.4 is 15.4 Å². The summed E-state index contributed by atoms with van der Waals surface area (Å²) < 4.78 is 6.59. The molecule has 3 heterocycles. The number of hydrogen-bond donors (Lipinski definition) is 2. The van der Waals surface area contributed by atoms with Crippen LogP contribution in [0.4, 0.5) is 11.6 Å². The SMILES string of the molecule is CC(C)NC(=O)c1ccc(Nc2ncc3cc(-c4nccs4)c(OC4CCN(C(C)C)CC4)cc3n2)cc1. The molecule has 0 aliphatic carbocycles. The number of ether oxygens (including phenoxy) is 1. The second kappa shape index (κ2) is 11.4. The number of benzene rings is 2. The van der Waals surface area contributed by atoms with E-state index in [4.69, 9.17) is 9.72 Å². The maximum Gasteiger partial charge on any atom is 0.251 e. The van der Waals surface area contributed by atoms with Gasteiger partial charge in [-0.2, -0.15) is 0 Å². The molecule has 0 radical (unpaired) electrons. The summed E-state index contributed by atoms with van der Waals surface area (Å²) in [6, 6.07) is 12.0. The summed E-state index contributed by atoms with van der Waals surface area (Å²) in [5.41, 5.74) is 3.18. The highest BCUT2D eigenvalue weighted by molar-refractivity contribution is 7.13. The van der Waals surface area contributed by atoms with E-state index in [1.165, 1.54) is 0 Å². The molecular weight excluding hydrogens is 496 g/mol. The summed E-state index contributed by atoms with van der Waals surface area (Å²) >= 11 is 1.60. The standard InChI is InChI=1S/C29H34N6O2S/c1-18(2)32-27(36)20-5-7-22(8-6-20)33-29-31-17-21-15-24(28-30-11-14-38-28)26(16-25(21)34-29)37-23-9-12-35(13-10-23)19(3)4/h5-8,11,14-19,23H,9-10,12-13H2,1-4H3,(H,32,36)(H,31,33,34). The van der Waals surface area contributed by atoms with E-state index in [1.807, 2.05) is 49.8 Å². The third-order valence-corrected chi connectivity index (χ3v) is 7.47. The quantitative estimate of drug-likeness (QED) is 0.294. The average molecular weight is 531 g/mol. The van der Waals surface area contributed by atoms with E-state index >= 15 is 0 Å². The van der Waals surface area contributed by atoms with E-state index in [0.29, 0.717) is 17.6 Å². The fourth-order valence-corrected chi connectivity index (χ4v) is 5.27. The maximum atomic E-state index is 12.2. The lowest BCUT2D eigenvalue weighted by molar-refractivity contribution is 0.0847. The molecule has 5 rings (SSSR count). The zero-order valence-corrected chi connectivity index (χ0v) is 23.1. The molecule has 2 N–H and O–H groups in total. The lowest BCUT2D eigenvalue weighted by atomic mass is 10.1. The number of hydrogen-bond acceptors (Lipinski definition) is 8. The molecule has 0 spiro atoms. The van der Waals surface area contributed by atoms with Crippen molar-refractivity contribution in [1.82, 2.24) is 25.2 Å².